The van der Waals surface area contributed by atoms with Crippen LogP contribution in [-0.2, 0) is 0 Å². The molecular weight excluding hydrogens is 226 g/mol. The van der Waals surface area contributed by atoms with Crippen molar-refractivity contribution >= 4 is 22.3 Å². The van der Waals surface area contributed by atoms with E-state index in [1.54, 1.807) is 6.20 Å². The number of nitrogens with one attached hydrogen (secondary N) is 1. The molecule has 2 aromatic rings. The molecular formula is C14H17N3O. The second kappa shape index (κ2) is 4.46. The van der Waals surface area contributed by atoms with Crippen LogP contribution in [0.1, 0.15) is 12.8 Å². The summed E-state index contributed by atoms with van der Waals surface area (Å²) < 4.78 is 0. The topological polar surface area (TPSA) is 71.2 Å². The van der Waals surface area contributed by atoms with Crippen molar-refractivity contribution in [3.63, 3.8) is 0 Å². The Morgan fingerprint density at radius 2 is 2.11 bits per heavy atom. The van der Waals surface area contributed by atoms with Gasteiger partial charge in [-0.15, -0.1) is 0 Å². The van der Waals surface area contributed by atoms with E-state index in [4.69, 9.17) is 5.73 Å². The number of hydrogen-bond acceptors (Lipinski definition) is 4. The first-order chi connectivity index (χ1) is 8.74. The van der Waals surface area contributed by atoms with Gasteiger partial charge in [-0.2, -0.15) is 0 Å². The van der Waals surface area contributed by atoms with E-state index in [0.29, 0.717) is 11.6 Å². The fraction of sp³-hybridized carbons (Fsp3) is 0.357. The number of rotatable bonds is 3. The highest BCUT2D eigenvalue weighted by atomic mass is 16.3. The molecule has 18 heavy (non-hydrogen) atoms. The van der Waals surface area contributed by atoms with Crippen molar-refractivity contribution in [1.29, 1.82) is 0 Å². The van der Waals surface area contributed by atoms with Crippen molar-refractivity contribution in [2.75, 3.05) is 17.6 Å². The summed E-state index contributed by atoms with van der Waals surface area (Å²) in [7, 11) is 0. The van der Waals surface area contributed by atoms with Crippen LogP contribution in [0.25, 0.3) is 10.9 Å². The second-order valence-electron chi connectivity index (χ2n) is 4.98. The average Bonchev–Trinajstić information content (AvgIpc) is 2.35. The van der Waals surface area contributed by atoms with E-state index < -0.39 is 0 Å². The second-order valence-corrected chi connectivity index (χ2v) is 4.98. The van der Waals surface area contributed by atoms with Gasteiger partial charge in [0.15, 0.2) is 0 Å². The third kappa shape index (κ3) is 1.99. The number of benzene rings is 1. The summed E-state index contributed by atoms with van der Waals surface area (Å²) in [5, 5.41) is 13.7. The van der Waals surface area contributed by atoms with Crippen LogP contribution in [0.5, 0.6) is 0 Å². The summed E-state index contributed by atoms with van der Waals surface area (Å²) in [6.07, 6.45) is 3.36. The SMILES string of the molecule is Nc1cnc2ccccc2c1NCC1CC(O)C1. The van der Waals surface area contributed by atoms with Crippen LogP contribution in [0, 0.1) is 5.92 Å². The first-order valence-corrected chi connectivity index (χ1v) is 6.29. The quantitative estimate of drug-likeness (QED) is 0.771. The molecule has 0 atom stereocenters. The number of fused-ring (bicyclic) bond motifs is 1. The lowest BCUT2D eigenvalue weighted by molar-refractivity contribution is 0.0487. The van der Waals surface area contributed by atoms with Crippen LogP contribution >= 0.6 is 0 Å². The Kier molecular flexibility index (Phi) is 2.80. The van der Waals surface area contributed by atoms with Crippen LogP contribution in [0.3, 0.4) is 0 Å². The van der Waals surface area contributed by atoms with E-state index in [-0.39, 0.29) is 6.10 Å². The molecule has 1 aromatic heterocycles. The molecule has 3 rings (SSSR count). The lowest BCUT2D eigenvalue weighted by atomic mass is 9.82. The molecule has 4 N–H and O–H groups in total. The van der Waals surface area contributed by atoms with Crippen molar-refractivity contribution in [2.45, 2.75) is 18.9 Å². The van der Waals surface area contributed by atoms with Crippen LogP contribution in [0.15, 0.2) is 30.5 Å². The van der Waals surface area contributed by atoms with Crippen LogP contribution in [0.2, 0.25) is 0 Å². The Balaban J connectivity index is 1.83. The zero-order valence-electron chi connectivity index (χ0n) is 10.1. The van der Waals surface area contributed by atoms with Gasteiger partial charge in [0.05, 0.1) is 29.2 Å². The highest BCUT2D eigenvalue weighted by Crippen LogP contribution is 2.31. The molecule has 4 nitrogen and oxygen atoms in total. The van der Waals surface area contributed by atoms with Gasteiger partial charge in [-0.25, -0.2) is 0 Å². The number of pyridine rings is 1. The lowest BCUT2D eigenvalue weighted by Gasteiger charge is -2.31. The maximum Gasteiger partial charge on any atom is 0.0743 e. The Morgan fingerprint density at radius 1 is 1.33 bits per heavy atom. The highest BCUT2D eigenvalue weighted by Gasteiger charge is 2.26. The number of aliphatic hydroxyl groups is 1. The van der Waals surface area contributed by atoms with Gasteiger partial charge >= 0.3 is 0 Å². The fourth-order valence-electron chi connectivity index (χ4n) is 2.47. The van der Waals surface area contributed by atoms with Gasteiger partial charge in [-0.05, 0) is 24.8 Å². The molecule has 0 aliphatic heterocycles. The molecule has 1 aromatic carbocycles. The Labute approximate surface area is 106 Å². The number of nitrogens with two attached hydrogens (primary N) is 1. The molecule has 0 spiro atoms. The van der Waals surface area contributed by atoms with Gasteiger partial charge in [-0.3, -0.25) is 4.98 Å². The predicted molar refractivity (Wildman–Crippen MR) is 73.4 cm³/mol. The molecule has 0 unspecified atom stereocenters. The van der Waals surface area contributed by atoms with E-state index in [1.807, 2.05) is 24.3 Å². The van der Waals surface area contributed by atoms with Crippen LogP contribution in [-0.4, -0.2) is 22.7 Å². The van der Waals surface area contributed by atoms with Gasteiger partial charge in [-0.1, -0.05) is 18.2 Å². The average molecular weight is 243 g/mol. The van der Waals surface area contributed by atoms with E-state index in [1.165, 1.54) is 0 Å². The molecule has 94 valence electrons. The third-order valence-corrected chi connectivity index (χ3v) is 3.58. The number of hydrogen-bond donors (Lipinski definition) is 3. The standard InChI is InChI=1S/C14H17N3O/c15-12-8-16-13-4-2-1-3-11(13)14(12)17-7-9-5-10(18)6-9/h1-4,8-10,18H,5-7,15H2,(H,16,17). The monoisotopic (exact) mass is 243 g/mol. The van der Waals surface area contributed by atoms with Gasteiger partial charge in [0, 0.05) is 11.9 Å². The Morgan fingerprint density at radius 3 is 2.89 bits per heavy atom. The first-order valence-electron chi connectivity index (χ1n) is 6.29. The smallest absolute Gasteiger partial charge is 0.0743 e. The molecule has 0 saturated heterocycles. The molecule has 0 radical (unpaired) electrons. The molecule has 1 heterocycles. The van der Waals surface area contributed by atoms with Gasteiger partial charge in [0.2, 0.25) is 0 Å². The van der Waals surface area contributed by atoms with Gasteiger partial charge < -0.3 is 16.2 Å². The van der Waals surface area contributed by atoms with E-state index in [2.05, 4.69) is 10.3 Å². The summed E-state index contributed by atoms with van der Waals surface area (Å²) in [6.45, 7) is 0.856. The third-order valence-electron chi connectivity index (χ3n) is 3.58. The van der Waals surface area contributed by atoms with Crippen molar-refractivity contribution in [3.05, 3.63) is 30.5 Å². The van der Waals surface area contributed by atoms with E-state index in [0.717, 1.165) is 36.0 Å². The Hall–Kier alpha value is -1.81. The number of aromatic nitrogens is 1. The molecule has 1 saturated carbocycles. The maximum atomic E-state index is 9.28. The number of nitrogens with zero attached hydrogens (tertiary/aromatic N) is 1. The van der Waals surface area contributed by atoms with Crippen molar-refractivity contribution in [1.82, 2.24) is 4.98 Å². The summed E-state index contributed by atoms with van der Waals surface area (Å²) in [5.74, 6) is 0.548. The largest absolute Gasteiger partial charge is 0.396 e. The van der Waals surface area contributed by atoms with Crippen molar-refractivity contribution in [3.8, 4) is 0 Å². The molecule has 1 aliphatic carbocycles. The molecule has 0 bridgehead atoms. The first kappa shape index (κ1) is 11.3. The van der Waals surface area contributed by atoms with Gasteiger partial charge in [0.25, 0.3) is 0 Å². The Bertz CT molecular complexity index is 564. The highest BCUT2D eigenvalue weighted by molar-refractivity contribution is 5.96. The predicted octanol–water partition coefficient (Wildman–Crippen LogP) is 2.00. The summed E-state index contributed by atoms with van der Waals surface area (Å²) >= 11 is 0. The van der Waals surface area contributed by atoms with Crippen LogP contribution in [0.4, 0.5) is 11.4 Å². The summed E-state index contributed by atoms with van der Waals surface area (Å²) in [6, 6.07) is 7.96. The van der Waals surface area contributed by atoms with Crippen molar-refractivity contribution in [2.24, 2.45) is 5.92 Å². The number of nitrogen functional groups attached to an aromatic ring is 1. The van der Waals surface area contributed by atoms with Gasteiger partial charge in [0.1, 0.15) is 0 Å². The van der Waals surface area contributed by atoms with Crippen molar-refractivity contribution < 1.29 is 5.11 Å². The normalized spacial score (nSPS) is 22.7. The number of anilines is 2. The zero-order chi connectivity index (χ0) is 12.5. The summed E-state index contributed by atoms with van der Waals surface area (Å²) in [4.78, 5) is 4.31. The molecule has 1 fully saturated rings. The molecule has 0 amide bonds. The van der Waals surface area contributed by atoms with E-state index in [9.17, 15) is 5.11 Å². The van der Waals surface area contributed by atoms with E-state index >= 15 is 0 Å². The maximum absolute atomic E-state index is 9.28. The van der Waals surface area contributed by atoms with Crippen LogP contribution < -0.4 is 11.1 Å². The minimum Gasteiger partial charge on any atom is -0.396 e. The fourth-order valence-corrected chi connectivity index (χ4v) is 2.47. The minimum absolute atomic E-state index is 0.108. The zero-order valence-corrected chi connectivity index (χ0v) is 10.1. The lowest BCUT2D eigenvalue weighted by Crippen LogP contribution is -2.33. The molecule has 4 heteroatoms. The summed E-state index contributed by atoms with van der Waals surface area (Å²) in [5.41, 5.74) is 8.57. The number of para-hydroxylation sites is 1. The minimum atomic E-state index is -0.108. The number of aliphatic hydroxyl groups excluding tert-OH is 1. The molecule has 1 aliphatic rings.